The number of ether oxygens (including phenoxy) is 1. The van der Waals surface area contributed by atoms with E-state index in [1.54, 1.807) is 13.2 Å². The third-order valence-corrected chi connectivity index (χ3v) is 5.47. The standard InChI is InChI=1S/C20H23N3O3/c1-21-13-17(18(26-2)9-19(21)24)20(25)23-11-16(12-23)22-8-7-14-5-3-4-6-15(14)10-22/h3-6,9,13,16H,7-8,10-12H2,1-2H3. The number of aromatic nitrogens is 1. The molecule has 2 aliphatic heterocycles. The van der Waals surface area contributed by atoms with Crippen molar-refractivity contribution >= 4 is 5.91 Å². The van der Waals surface area contributed by atoms with Crippen molar-refractivity contribution in [3.63, 3.8) is 0 Å². The summed E-state index contributed by atoms with van der Waals surface area (Å²) >= 11 is 0. The van der Waals surface area contributed by atoms with Crippen molar-refractivity contribution in [2.45, 2.75) is 19.0 Å². The monoisotopic (exact) mass is 353 g/mol. The Morgan fingerprint density at radius 2 is 1.92 bits per heavy atom. The second-order valence-electron chi connectivity index (χ2n) is 7.06. The SMILES string of the molecule is COc1cc(=O)n(C)cc1C(=O)N1CC(N2CCc3ccccc3C2)C1. The molecule has 0 unspecified atom stereocenters. The number of amides is 1. The summed E-state index contributed by atoms with van der Waals surface area (Å²) in [7, 11) is 3.12. The number of methoxy groups -OCH3 is 1. The number of benzene rings is 1. The van der Waals surface area contributed by atoms with E-state index in [0.717, 1.165) is 19.5 Å². The lowest BCUT2D eigenvalue weighted by atomic mass is 9.96. The Morgan fingerprint density at radius 1 is 1.19 bits per heavy atom. The number of carbonyl (C=O) groups excluding carboxylic acids is 1. The van der Waals surface area contributed by atoms with Gasteiger partial charge in [-0.05, 0) is 17.5 Å². The molecule has 0 spiro atoms. The molecule has 1 aromatic carbocycles. The lowest BCUT2D eigenvalue weighted by Gasteiger charge is -2.47. The Morgan fingerprint density at radius 3 is 2.65 bits per heavy atom. The highest BCUT2D eigenvalue weighted by Gasteiger charge is 2.37. The zero-order valence-corrected chi connectivity index (χ0v) is 15.1. The minimum Gasteiger partial charge on any atom is -0.496 e. The van der Waals surface area contributed by atoms with Crippen LogP contribution in [0.15, 0.2) is 41.3 Å². The molecule has 0 N–H and O–H groups in total. The fourth-order valence-corrected chi connectivity index (χ4v) is 3.79. The first-order valence-corrected chi connectivity index (χ1v) is 8.91. The van der Waals surface area contributed by atoms with E-state index in [0.29, 0.717) is 30.4 Å². The number of pyridine rings is 1. The molecule has 6 nitrogen and oxygen atoms in total. The lowest BCUT2D eigenvalue weighted by molar-refractivity contribution is 0.0215. The minimum atomic E-state index is -0.188. The van der Waals surface area contributed by atoms with Crippen molar-refractivity contribution in [3.8, 4) is 5.75 Å². The number of carbonyl (C=O) groups is 1. The molecule has 0 radical (unpaired) electrons. The van der Waals surface area contributed by atoms with Crippen LogP contribution in [-0.2, 0) is 20.0 Å². The molecule has 0 bridgehead atoms. The van der Waals surface area contributed by atoms with Gasteiger partial charge < -0.3 is 14.2 Å². The Bertz CT molecular complexity index is 899. The Labute approximate surface area is 152 Å². The third-order valence-electron chi connectivity index (χ3n) is 5.47. The van der Waals surface area contributed by atoms with Crippen LogP contribution >= 0.6 is 0 Å². The predicted molar refractivity (Wildman–Crippen MR) is 98.5 cm³/mol. The maximum Gasteiger partial charge on any atom is 0.259 e. The van der Waals surface area contributed by atoms with Gasteiger partial charge in [0.1, 0.15) is 5.75 Å². The maximum atomic E-state index is 12.8. The quantitative estimate of drug-likeness (QED) is 0.834. The summed E-state index contributed by atoms with van der Waals surface area (Å²) in [6, 6.07) is 10.3. The van der Waals surface area contributed by atoms with Crippen LogP contribution < -0.4 is 10.3 Å². The van der Waals surface area contributed by atoms with E-state index in [-0.39, 0.29) is 11.5 Å². The van der Waals surface area contributed by atoms with E-state index in [2.05, 4.69) is 29.2 Å². The highest BCUT2D eigenvalue weighted by atomic mass is 16.5. The molecule has 1 fully saturated rings. The lowest BCUT2D eigenvalue weighted by Crippen LogP contribution is -2.61. The van der Waals surface area contributed by atoms with Gasteiger partial charge in [0.05, 0.1) is 12.7 Å². The molecule has 26 heavy (non-hydrogen) atoms. The Kier molecular flexibility index (Phi) is 4.28. The van der Waals surface area contributed by atoms with Crippen molar-refractivity contribution in [1.29, 1.82) is 0 Å². The van der Waals surface area contributed by atoms with Gasteiger partial charge in [-0.2, -0.15) is 0 Å². The molecule has 2 aliphatic rings. The fourth-order valence-electron chi connectivity index (χ4n) is 3.79. The van der Waals surface area contributed by atoms with Crippen molar-refractivity contribution in [2.24, 2.45) is 7.05 Å². The van der Waals surface area contributed by atoms with E-state index in [9.17, 15) is 9.59 Å². The number of hydrogen-bond donors (Lipinski definition) is 0. The van der Waals surface area contributed by atoms with Crippen molar-refractivity contribution in [1.82, 2.24) is 14.4 Å². The van der Waals surface area contributed by atoms with Crippen LogP contribution in [0.3, 0.4) is 0 Å². The van der Waals surface area contributed by atoms with E-state index < -0.39 is 0 Å². The molecule has 4 rings (SSSR count). The average Bonchev–Trinajstić information content (AvgIpc) is 2.62. The second kappa shape index (κ2) is 6.61. The van der Waals surface area contributed by atoms with Gasteiger partial charge in [0.25, 0.3) is 11.5 Å². The van der Waals surface area contributed by atoms with Gasteiger partial charge in [0, 0.05) is 51.5 Å². The molecule has 1 amide bonds. The molecule has 0 aliphatic carbocycles. The molecule has 0 saturated carbocycles. The van der Waals surface area contributed by atoms with Crippen LogP contribution in [0.1, 0.15) is 21.5 Å². The maximum absolute atomic E-state index is 12.8. The topological polar surface area (TPSA) is 54.8 Å². The predicted octanol–water partition coefficient (Wildman–Crippen LogP) is 1.28. The molecule has 1 aromatic heterocycles. The van der Waals surface area contributed by atoms with Gasteiger partial charge in [-0.15, -0.1) is 0 Å². The van der Waals surface area contributed by atoms with E-state index in [1.807, 2.05) is 4.90 Å². The summed E-state index contributed by atoms with van der Waals surface area (Å²) in [5.41, 5.74) is 3.08. The van der Waals surface area contributed by atoms with Crippen LogP contribution in [0.5, 0.6) is 5.75 Å². The summed E-state index contributed by atoms with van der Waals surface area (Å²) in [6.07, 6.45) is 2.63. The zero-order chi connectivity index (χ0) is 18.3. The fraction of sp³-hybridized carbons (Fsp3) is 0.400. The van der Waals surface area contributed by atoms with Crippen LogP contribution in [0.25, 0.3) is 0 Å². The molecular formula is C20H23N3O3. The summed E-state index contributed by atoms with van der Waals surface area (Å²) in [5, 5.41) is 0. The number of hydrogen-bond acceptors (Lipinski definition) is 4. The summed E-state index contributed by atoms with van der Waals surface area (Å²) in [4.78, 5) is 28.8. The zero-order valence-electron chi connectivity index (χ0n) is 15.1. The van der Waals surface area contributed by atoms with Crippen LogP contribution in [0, 0.1) is 0 Å². The van der Waals surface area contributed by atoms with Crippen molar-refractivity contribution in [2.75, 3.05) is 26.7 Å². The van der Waals surface area contributed by atoms with E-state index in [1.165, 1.54) is 28.9 Å². The first kappa shape index (κ1) is 16.8. The first-order valence-electron chi connectivity index (χ1n) is 8.91. The Balaban J connectivity index is 1.43. The number of rotatable bonds is 3. The van der Waals surface area contributed by atoms with Gasteiger partial charge in [-0.25, -0.2) is 0 Å². The van der Waals surface area contributed by atoms with Gasteiger partial charge in [0.2, 0.25) is 0 Å². The summed E-state index contributed by atoms with van der Waals surface area (Å²) in [5.74, 6) is 0.263. The molecular weight excluding hydrogens is 330 g/mol. The van der Waals surface area contributed by atoms with Gasteiger partial charge in [-0.3, -0.25) is 14.5 Å². The highest BCUT2D eigenvalue weighted by Crippen LogP contribution is 2.26. The Hall–Kier alpha value is -2.60. The van der Waals surface area contributed by atoms with Crippen LogP contribution in [0.4, 0.5) is 0 Å². The molecule has 136 valence electrons. The average molecular weight is 353 g/mol. The van der Waals surface area contributed by atoms with Gasteiger partial charge >= 0.3 is 0 Å². The van der Waals surface area contributed by atoms with E-state index in [4.69, 9.17) is 4.74 Å². The number of fused-ring (bicyclic) bond motifs is 1. The van der Waals surface area contributed by atoms with Crippen molar-refractivity contribution < 1.29 is 9.53 Å². The normalized spacial score (nSPS) is 17.5. The highest BCUT2D eigenvalue weighted by molar-refractivity contribution is 5.97. The van der Waals surface area contributed by atoms with Crippen LogP contribution in [-0.4, -0.2) is 53.1 Å². The molecule has 6 heteroatoms. The largest absolute Gasteiger partial charge is 0.496 e. The molecule has 0 atom stereocenters. The molecule has 3 heterocycles. The van der Waals surface area contributed by atoms with Gasteiger partial charge in [0.15, 0.2) is 0 Å². The number of nitrogens with zero attached hydrogens (tertiary/aromatic N) is 3. The molecule has 2 aromatic rings. The van der Waals surface area contributed by atoms with Crippen LogP contribution in [0.2, 0.25) is 0 Å². The number of aryl methyl sites for hydroxylation is 1. The van der Waals surface area contributed by atoms with Gasteiger partial charge in [-0.1, -0.05) is 24.3 Å². The summed E-state index contributed by atoms with van der Waals surface area (Å²) < 4.78 is 6.64. The second-order valence-corrected chi connectivity index (χ2v) is 7.06. The molecule has 1 saturated heterocycles. The van der Waals surface area contributed by atoms with E-state index >= 15 is 0 Å². The summed E-state index contributed by atoms with van der Waals surface area (Å²) in [6.45, 7) is 3.42. The smallest absolute Gasteiger partial charge is 0.259 e. The number of likely N-dealkylation sites (tertiary alicyclic amines) is 1. The third kappa shape index (κ3) is 2.90. The first-order chi connectivity index (χ1) is 12.6. The van der Waals surface area contributed by atoms with Crippen molar-refractivity contribution in [3.05, 3.63) is 63.6 Å². The minimum absolute atomic E-state index is 0.0777.